The van der Waals surface area contributed by atoms with E-state index in [1.807, 2.05) is 12.1 Å². The van der Waals surface area contributed by atoms with E-state index in [4.69, 9.17) is 10.5 Å². The van der Waals surface area contributed by atoms with Crippen LogP contribution in [0.25, 0.3) is 0 Å². The lowest BCUT2D eigenvalue weighted by molar-refractivity contribution is 0.0527. The van der Waals surface area contributed by atoms with Gasteiger partial charge in [-0.1, -0.05) is 13.0 Å². The minimum Gasteiger partial charge on any atom is -0.462 e. The van der Waals surface area contributed by atoms with Gasteiger partial charge in [-0.05, 0) is 38.4 Å². The number of carbonyl (C=O) groups is 1. The molecule has 0 bridgehead atoms. The fourth-order valence-electron chi connectivity index (χ4n) is 2.48. The minimum atomic E-state index is -0.369. The fraction of sp³-hybridized carbons (Fsp3) is 0.562. The number of para-hydroxylation sites is 1. The van der Waals surface area contributed by atoms with Gasteiger partial charge in [0.2, 0.25) is 0 Å². The lowest BCUT2D eigenvalue weighted by Gasteiger charge is -2.20. The van der Waals surface area contributed by atoms with Crippen molar-refractivity contribution in [3.63, 3.8) is 0 Å². The third-order valence-electron chi connectivity index (χ3n) is 3.79. The maximum absolute atomic E-state index is 11.8. The van der Waals surface area contributed by atoms with Crippen molar-refractivity contribution in [1.82, 2.24) is 4.90 Å². The zero-order valence-electron chi connectivity index (χ0n) is 12.9. The molecule has 5 heteroatoms. The van der Waals surface area contributed by atoms with Crippen LogP contribution in [0, 0.1) is 0 Å². The first-order valence-electron chi connectivity index (χ1n) is 7.70. The Morgan fingerprint density at radius 1 is 1.43 bits per heavy atom. The van der Waals surface area contributed by atoms with Gasteiger partial charge in [0.15, 0.2) is 0 Å². The molecule has 2 rings (SSSR count). The largest absolute Gasteiger partial charge is 0.462 e. The molecule has 1 fully saturated rings. The van der Waals surface area contributed by atoms with Gasteiger partial charge in [0.1, 0.15) is 0 Å². The molecule has 116 valence electrons. The zero-order chi connectivity index (χ0) is 15.2. The molecule has 1 aromatic carbocycles. The Kier molecular flexibility index (Phi) is 5.44. The van der Waals surface area contributed by atoms with Gasteiger partial charge in [0.25, 0.3) is 0 Å². The molecule has 5 nitrogen and oxygen atoms in total. The first kappa shape index (κ1) is 15.6. The summed E-state index contributed by atoms with van der Waals surface area (Å²) >= 11 is 0. The average molecular weight is 291 g/mol. The van der Waals surface area contributed by atoms with Crippen LogP contribution >= 0.6 is 0 Å². The molecule has 0 aromatic heterocycles. The molecule has 1 aromatic rings. The second-order valence-corrected chi connectivity index (χ2v) is 5.27. The summed E-state index contributed by atoms with van der Waals surface area (Å²) in [6.45, 7) is 7.21. The molecule has 0 aliphatic heterocycles. The molecule has 0 atom stereocenters. The predicted octanol–water partition coefficient (Wildman–Crippen LogP) is 2.34. The van der Waals surface area contributed by atoms with Crippen molar-refractivity contribution in [2.24, 2.45) is 0 Å². The molecule has 0 heterocycles. The van der Waals surface area contributed by atoms with Crippen molar-refractivity contribution in [2.75, 3.05) is 37.3 Å². The second-order valence-electron chi connectivity index (χ2n) is 5.27. The lowest BCUT2D eigenvalue weighted by Crippen LogP contribution is -2.31. The first-order chi connectivity index (χ1) is 10.2. The quantitative estimate of drug-likeness (QED) is 0.568. The smallest absolute Gasteiger partial charge is 0.340 e. The Bertz CT molecular complexity index is 486. The van der Waals surface area contributed by atoms with Crippen LogP contribution < -0.4 is 11.1 Å². The van der Waals surface area contributed by atoms with Crippen LogP contribution in [0.2, 0.25) is 0 Å². The van der Waals surface area contributed by atoms with Crippen molar-refractivity contribution in [3.05, 3.63) is 23.8 Å². The number of nitrogens with two attached hydrogens (primary N) is 1. The van der Waals surface area contributed by atoms with E-state index in [9.17, 15) is 4.79 Å². The zero-order valence-corrected chi connectivity index (χ0v) is 12.9. The van der Waals surface area contributed by atoms with Gasteiger partial charge in [0.05, 0.1) is 23.5 Å². The monoisotopic (exact) mass is 291 g/mol. The fourth-order valence-corrected chi connectivity index (χ4v) is 2.48. The van der Waals surface area contributed by atoms with Gasteiger partial charge in [-0.15, -0.1) is 0 Å². The van der Waals surface area contributed by atoms with Crippen LogP contribution in [0.5, 0.6) is 0 Å². The Balaban J connectivity index is 1.93. The summed E-state index contributed by atoms with van der Waals surface area (Å²) in [7, 11) is 0. The highest BCUT2D eigenvalue weighted by molar-refractivity contribution is 5.98. The van der Waals surface area contributed by atoms with Crippen LogP contribution in [0.15, 0.2) is 18.2 Å². The van der Waals surface area contributed by atoms with Crippen LogP contribution in [-0.4, -0.2) is 43.2 Å². The summed E-state index contributed by atoms with van der Waals surface area (Å²) in [4.78, 5) is 14.3. The molecule has 21 heavy (non-hydrogen) atoms. The van der Waals surface area contributed by atoms with Crippen molar-refractivity contribution in [2.45, 2.75) is 32.7 Å². The normalized spacial score (nSPS) is 14.2. The Morgan fingerprint density at radius 3 is 2.81 bits per heavy atom. The topological polar surface area (TPSA) is 67.6 Å². The summed E-state index contributed by atoms with van der Waals surface area (Å²) < 4.78 is 5.01. The number of nitrogens with one attached hydrogen (secondary N) is 1. The van der Waals surface area contributed by atoms with E-state index in [1.54, 1.807) is 13.0 Å². The summed E-state index contributed by atoms with van der Waals surface area (Å²) in [5.41, 5.74) is 7.75. The van der Waals surface area contributed by atoms with Crippen LogP contribution in [0.3, 0.4) is 0 Å². The summed E-state index contributed by atoms with van der Waals surface area (Å²) in [5, 5.41) is 3.32. The second kappa shape index (κ2) is 7.31. The van der Waals surface area contributed by atoms with Crippen LogP contribution in [-0.2, 0) is 4.74 Å². The highest BCUT2D eigenvalue weighted by Gasteiger charge is 2.27. The number of rotatable bonds is 8. The van der Waals surface area contributed by atoms with E-state index in [2.05, 4.69) is 17.1 Å². The average Bonchev–Trinajstić information content (AvgIpc) is 3.30. The van der Waals surface area contributed by atoms with E-state index in [0.29, 0.717) is 17.9 Å². The SMILES string of the molecule is CCOC(=O)c1cccc(NCCN(CC)C2CC2)c1N. The molecule has 3 N–H and O–H groups in total. The van der Waals surface area contributed by atoms with Gasteiger partial charge in [-0.3, -0.25) is 4.90 Å². The predicted molar refractivity (Wildman–Crippen MR) is 85.6 cm³/mol. The molecule has 1 saturated carbocycles. The number of likely N-dealkylation sites (N-methyl/N-ethyl adjacent to an activating group) is 1. The molecule has 0 saturated heterocycles. The van der Waals surface area contributed by atoms with E-state index >= 15 is 0 Å². The first-order valence-corrected chi connectivity index (χ1v) is 7.70. The third-order valence-corrected chi connectivity index (χ3v) is 3.79. The number of anilines is 2. The summed E-state index contributed by atoms with van der Waals surface area (Å²) in [5.74, 6) is -0.369. The van der Waals surface area contributed by atoms with Gasteiger partial charge in [-0.25, -0.2) is 4.79 Å². The highest BCUT2D eigenvalue weighted by atomic mass is 16.5. The number of ether oxygens (including phenoxy) is 1. The third kappa shape index (κ3) is 4.11. The van der Waals surface area contributed by atoms with Crippen LogP contribution in [0.1, 0.15) is 37.0 Å². The molecule has 0 amide bonds. The van der Waals surface area contributed by atoms with E-state index in [1.165, 1.54) is 12.8 Å². The van der Waals surface area contributed by atoms with Crippen molar-refractivity contribution in [1.29, 1.82) is 0 Å². The Hall–Kier alpha value is -1.75. The number of nitrogen functional groups attached to an aromatic ring is 1. The van der Waals surface area contributed by atoms with Crippen molar-refractivity contribution in [3.8, 4) is 0 Å². The maximum Gasteiger partial charge on any atom is 0.340 e. The maximum atomic E-state index is 11.8. The number of hydrogen-bond acceptors (Lipinski definition) is 5. The molecular formula is C16H25N3O2. The number of benzene rings is 1. The Labute approximate surface area is 126 Å². The van der Waals surface area contributed by atoms with Crippen molar-refractivity contribution < 1.29 is 9.53 Å². The van der Waals surface area contributed by atoms with E-state index in [0.717, 1.165) is 31.4 Å². The van der Waals surface area contributed by atoms with Gasteiger partial charge in [-0.2, -0.15) is 0 Å². The standard InChI is InChI=1S/C16H25N3O2/c1-3-19(12-8-9-12)11-10-18-14-7-5-6-13(15(14)17)16(20)21-4-2/h5-7,12,18H,3-4,8-11,17H2,1-2H3. The van der Waals surface area contributed by atoms with Gasteiger partial charge in [0, 0.05) is 19.1 Å². The summed E-state index contributed by atoms with van der Waals surface area (Å²) in [6.07, 6.45) is 2.63. The highest BCUT2D eigenvalue weighted by Crippen LogP contribution is 2.26. The number of nitrogens with zero attached hydrogens (tertiary/aromatic N) is 1. The number of esters is 1. The minimum absolute atomic E-state index is 0.350. The van der Waals surface area contributed by atoms with Gasteiger partial charge >= 0.3 is 5.97 Å². The Morgan fingerprint density at radius 2 is 2.19 bits per heavy atom. The molecule has 0 radical (unpaired) electrons. The van der Waals surface area contributed by atoms with Gasteiger partial charge < -0.3 is 15.8 Å². The molecule has 1 aliphatic rings. The molecule has 0 unspecified atom stereocenters. The van der Waals surface area contributed by atoms with E-state index in [-0.39, 0.29) is 5.97 Å². The lowest BCUT2D eigenvalue weighted by atomic mass is 10.1. The van der Waals surface area contributed by atoms with E-state index < -0.39 is 0 Å². The van der Waals surface area contributed by atoms with Crippen LogP contribution in [0.4, 0.5) is 11.4 Å². The molecular weight excluding hydrogens is 266 g/mol. The molecule has 1 aliphatic carbocycles. The number of carbonyl (C=O) groups excluding carboxylic acids is 1. The van der Waals surface area contributed by atoms with Crippen molar-refractivity contribution >= 4 is 17.3 Å². The molecule has 0 spiro atoms. The number of hydrogen-bond donors (Lipinski definition) is 2. The summed E-state index contributed by atoms with van der Waals surface area (Å²) in [6, 6.07) is 6.18.